The first-order valence-corrected chi connectivity index (χ1v) is 12.0. The van der Waals surface area contributed by atoms with Crippen molar-refractivity contribution in [2.24, 2.45) is 4.99 Å². The third kappa shape index (κ3) is 4.75. The first kappa shape index (κ1) is 23.0. The summed E-state index contributed by atoms with van der Waals surface area (Å²) >= 11 is 12.0. The molecule has 32 heavy (non-hydrogen) atoms. The Hall–Kier alpha value is -2.22. The molecule has 1 aliphatic carbocycles. The van der Waals surface area contributed by atoms with Crippen molar-refractivity contribution in [3.63, 3.8) is 0 Å². The van der Waals surface area contributed by atoms with Gasteiger partial charge in [-0.05, 0) is 62.7 Å². The number of benzene rings is 1. The van der Waals surface area contributed by atoms with Gasteiger partial charge in [-0.3, -0.25) is 9.69 Å². The molecule has 1 atom stereocenters. The molecule has 8 heteroatoms. The predicted octanol–water partition coefficient (Wildman–Crippen LogP) is 3.61. The summed E-state index contributed by atoms with van der Waals surface area (Å²) in [7, 11) is 1.78. The fraction of sp³-hybridized carbons (Fsp3) is 0.458. The molecule has 1 N–H and O–H groups in total. The zero-order chi connectivity index (χ0) is 22.8. The molecule has 0 saturated carbocycles. The zero-order valence-electron chi connectivity index (χ0n) is 18.8. The minimum absolute atomic E-state index is 0.146. The largest absolute Gasteiger partial charge is 0.347 e. The standard InChI is InChI=1S/C24H30ClN5OS/c1-16(2)29-11-13-30(14-12-29)24(32)27-22-23(31)28(3)20-10-9-18(25)15-19(20)21(26-22)17-7-5-4-6-8-17/h5,7-10,15-16,22H,4,6,11-14H2,1-3H3,(H,27,32). The summed E-state index contributed by atoms with van der Waals surface area (Å²) in [6, 6.07) is 6.09. The molecule has 2 aliphatic heterocycles. The SMILES string of the molecule is CC(C)N1CCN(C(=S)NC2N=C(C3=CCCC=C3)c3cc(Cl)ccc3N(C)C2=O)CC1. The van der Waals surface area contributed by atoms with Crippen LogP contribution in [-0.4, -0.2) is 72.0 Å². The third-order valence-electron chi connectivity index (χ3n) is 6.26. The molecule has 0 bridgehead atoms. The average Bonchev–Trinajstić information content (AvgIpc) is 2.90. The van der Waals surface area contributed by atoms with Gasteiger partial charge in [0.05, 0.1) is 11.4 Å². The molecule has 170 valence electrons. The van der Waals surface area contributed by atoms with Gasteiger partial charge in [0.1, 0.15) is 0 Å². The molecule has 1 saturated heterocycles. The number of nitrogens with one attached hydrogen (secondary N) is 1. The van der Waals surface area contributed by atoms with Crippen LogP contribution in [0.5, 0.6) is 0 Å². The molecule has 4 rings (SSSR count). The maximum Gasteiger partial charge on any atom is 0.272 e. The molecule has 1 unspecified atom stereocenters. The van der Waals surface area contributed by atoms with E-state index in [2.05, 4.69) is 47.2 Å². The summed E-state index contributed by atoms with van der Waals surface area (Å²) in [5.41, 5.74) is 3.41. The number of hydrogen-bond acceptors (Lipinski definition) is 4. The molecule has 1 fully saturated rings. The Bertz CT molecular complexity index is 994. The summed E-state index contributed by atoms with van der Waals surface area (Å²) in [6.07, 6.45) is 7.53. The summed E-state index contributed by atoms with van der Waals surface area (Å²) in [5.74, 6) is -0.146. The molecule has 0 radical (unpaired) electrons. The van der Waals surface area contributed by atoms with E-state index in [9.17, 15) is 4.79 Å². The van der Waals surface area contributed by atoms with Crippen LogP contribution in [0.4, 0.5) is 5.69 Å². The van der Waals surface area contributed by atoms with Crippen LogP contribution in [0.1, 0.15) is 32.3 Å². The second-order valence-corrected chi connectivity index (χ2v) is 9.47. The van der Waals surface area contributed by atoms with Gasteiger partial charge in [0.25, 0.3) is 5.91 Å². The highest BCUT2D eigenvalue weighted by atomic mass is 35.5. The van der Waals surface area contributed by atoms with Gasteiger partial charge in [-0.15, -0.1) is 0 Å². The van der Waals surface area contributed by atoms with Gasteiger partial charge in [0.15, 0.2) is 5.11 Å². The Morgan fingerprint density at radius 1 is 1.22 bits per heavy atom. The fourth-order valence-electron chi connectivity index (χ4n) is 4.31. The summed E-state index contributed by atoms with van der Waals surface area (Å²) in [4.78, 5) is 24.5. The van der Waals surface area contributed by atoms with Gasteiger partial charge in [-0.1, -0.05) is 29.8 Å². The highest BCUT2D eigenvalue weighted by Gasteiger charge is 2.32. The van der Waals surface area contributed by atoms with Gasteiger partial charge < -0.3 is 15.1 Å². The number of carbonyl (C=O) groups excluding carboxylic acids is 1. The molecule has 1 amide bonds. The van der Waals surface area contributed by atoms with Crippen LogP contribution in [0.15, 0.2) is 47.0 Å². The van der Waals surface area contributed by atoms with Crippen molar-refractivity contribution in [1.82, 2.24) is 15.1 Å². The van der Waals surface area contributed by atoms with E-state index in [4.69, 9.17) is 28.8 Å². The quantitative estimate of drug-likeness (QED) is 0.682. The average molecular weight is 472 g/mol. The minimum Gasteiger partial charge on any atom is -0.347 e. The maximum absolute atomic E-state index is 13.4. The van der Waals surface area contributed by atoms with Crippen molar-refractivity contribution in [3.05, 3.63) is 52.6 Å². The van der Waals surface area contributed by atoms with Crippen LogP contribution in [-0.2, 0) is 4.79 Å². The van der Waals surface area contributed by atoms with Crippen LogP contribution in [0.2, 0.25) is 5.02 Å². The summed E-state index contributed by atoms with van der Waals surface area (Å²) in [5, 5.41) is 4.43. The van der Waals surface area contributed by atoms with Gasteiger partial charge >= 0.3 is 0 Å². The molecular weight excluding hydrogens is 442 g/mol. The molecule has 0 spiro atoms. The number of likely N-dealkylation sites (N-methyl/N-ethyl adjacent to an activating group) is 1. The number of carbonyl (C=O) groups is 1. The van der Waals surface area contributed by atoms with E-state index in [1.165, 1.54) is 0 Å². The Labute approximate surface area is 200 Å². The third-order valence-corrected chi connectivity index (χ3v) is 6.87. The maximum atomic E-state index is 13.4. The minimum atomic E-state index is -0.798. The monoisotopic (exact) mass is 471 g/mol. The van der Waals surface area contributed by atoms with Crippen molar-refractivity contribution in [1.29, 1.82) is 0 Å². The van der Waals surface area contributed by atoms with Crippen molar-refractivity contribution in [2.75, 3.05) is 38.1 Å². The molecule has 1 aromatic carbocycles. The number of nitrogens with zero attached hydrogens (tertiary/aromatic N) is 4. The lowest BCUT2D eigenvalue weighted by atomic mass is 9.96. The molecule has 6 nitrogen and oxygen atoms in total. The van der Waals surface area contributed by atoms with Gasteiger partial charge in [0.2, 0.25) is 6.17 Å². The molecule has 2 heterocycles. The number of piperazine rings is 1. The topological polar surface area (TPSA) is 51.2 Å². The van der Waals surface area contributed by atoms with E-state index in [0.29, 0.717) is 16.2 Å². The lowest BCUT2D eigenvalue weighted by molar-refractivity contribution is -0.119. The normalized spacial score (nSPS) is 21.8. The number of thiocarbonyl (C=S) groups is 1. The van der Waals surface area contributed by atoms with E-state index < -0.39 is 6.17 Å². The number of amides is 1. The number of anilines is 1. The second kappa shape index (κ2) is 9.73. The number of benzodiazepines with no additional fused rings is 1. The lowest BCUT2D eigenvalue weighted by Gasteiger charge is -2.38. The van der Waals surface area contributed by atoms with E-state index in [1.807, 2.05) is 12.1 Å². The van der Waals surface area contributed by atoms with Crippen molar-refractivity contribution in [3.8, 4) is 0 Å². The lowest BCUT2D eigenvalue weighted by Crippen LogP contribution is -2.56. The molecule has 3 aliphatic rings. The second-order valence-electron chi connectivity index (χ2n) is 8.64. The van der Waals surface area contributed by atoms with Crippen molar-refractivity contribution in [2.45, 2.75) is 38.9 Å². The Kier molecular flexibility index (Phi) is 6.98. The summed E-state index contributed by atoms with van der Waals surface area (Å²) in [6.45, 7) is 7.99. The number of hydrogen-bond donors (Lipinski definition) is 1. The van der Waals surface area contributed by atoms with Gasteiger partial charge in [-0.2, -0.15) is 0 Å². The zero-order valence-corrected chi connectivity index (χ0v) is 20.4. The van der Waals surface area contributed by atoms with Gasteiger partial charge in [-0.25, -0.2) is 4.99 Å². The first-order chi connectivity index (χ1) is 15.3. The number of allylic oxidation sites excluding steroid dienone is 4. The highest BCUT2D eigenvalue weighted by molar-refractivity contribution is 7.80. The van der Waals surface area contributed by atoms with E-state index in [-0.39, 0.29) is 5.91 Å². The van der Waals surface area contributed by atoms with E-state index in [1.54, 1.807) is 18.0 Å². The molecular formula is C24H30ClN5OS. The van der Waals surface area contributed by atoms with Crippen molar-refractivity contribution < 1.29 is 4.79 Å². The Morgan fingerprint density at radius 2 is 1.97 bits per heavy atom. The molecule has 1 aromatic rings. The fourth-order valence-corrected chi connectivity index (χ4v) is 4.78. The number of rotatable bonds is 3. The number of fused-ring (bicyclic) bond motifs is 1. The van der Waals surface area contributed by atoms with E-state index in [0.717, 1.165) is 61.6 Å². The van der Waals surface area contributed by atoms with Crippen molar-refractivity contribution >= 4 is 46.2 Å². The predicted molar refractivity (Wildman–Crippen MR) is 136 cm³/mol. The number of halogens is 1. The highest BCUT2D eigenvalue weighted by Crippen LogP contribution is 2.31. The van der Waals surface area contributed by atoms with Crippen LogP contribution >= 0.6 is 23.8 Å². The van der Waals surface area contributed by atoms with E-state index >= 15 is 0 Å². The van der Waals surface area contributed by atoms with Crippen LogP contribution in [0.3, 0.4) is 0 Å². The Balaban J connectivity index is 1.63. The van der Waals surface area contributed by atoms with Gasteiger partial charge in [0, 0.05) is 49.9 Å². The molecule has 0 aromatic heterocycles. The Morgan fingerprint density at radius 3 is 2.62 bits per heavy atom. The smallest absolute Gasteiger partial charge is 0.272 e. The van der Waals surface area contributed by atoms with Crippen LogP contribution < -0.4 is 10.2 Å². The van der Waals surface area contributed by atoms with Crippen LogP contribution in [0.25, 0.3) is 0 Å². The van der Waals surface area contributed by atoms with Crippen LogP contribution in [0, 0.1) is 0 Å². The number of aliphatic imine (C=N–C) groups is 1. The first-order valence-electron chi connectivity index (χ1n) is 11.2. The summed E-state index contributed by atoms with van der Waals surface area (Å²) < 4.78 is 0.